The molecule has 8 heteroatoms. The number of carbonyl (C=O) groups excluding carboxylic acids is 1. The maximum Gasteiger partial charge on any atom is 0.227 e. The third-order valence-electron chi connectivity index (χ3n) is 4.61. The van der Waals surface area contributed by atoms with Crippen LogP contribution < -0.4 is 5.32 Å². The minimum atomic E-state index is -0.109. The van der Waals surface area contributed by atoms with Crippen molar-refractivity contribution in [2.24, 2.45) is 0 Å². The van der Waals surface area contributed by atoms with Crippen molar-refractivity contribution in [2.75, 3.05) is 5.32 Å². The average Bonchev–Trinajstić information content (AvgIpc) is 3.53. The van der Waals surface area contributed by atoms with Crippen LogP contribution in [0.1, 0.15) is 12.3 Å². The average molecular weight is 415 g/mol. The summed E-state index contributed by atoms with van der Waals surface area (Å²) >= 11 is 1.55. The van der Waals surface area contributed by atoms with E-state index in [-0.39, 0.29) is 12.3 Å². The molecule has 0 saturated heterocycles. The molecule has 1 amide bonds. The largest absolute Gasteiger partial charge is 0.339 e. The second-order valence-electron chi connectivity index (χ2n) is 6.72. The highest BCUT2D eigenvalue weighted by atomic mass is 32.1. The first kappa shape index (κ1) is 18.3. The molecule has 0 aliphatic rings. The molecule has 0 aliphatic heterocycles. The van der Waals surface area contributed by atoms with Crippen LogP contribution in [0.5, 0.6) is 0 Å². The van der Waals surface area contributed by atoms with Crippen LogP contribution in [0.2, 0.25) is 0 Å². The Morgan fingerprint density at radius 2 is 1.90 bits per heavy atom. The van der Waals surface area contributed by atoms with Gasteiger partial charge >= 0.3 is 0 Å². The number of thiophene rings is 1. The molecule has 2 N–H and O–H groups in total. The van der Waals surface area contributed by atoms with Crippen molar-refractivity contribution >= 4 is 34.0 Å². The Kier molecular flexibility index (Phi) is 4.82. The molecule has 2 aromatic carbocycles. The number of aromatic amines is 1. The minimum absolute atomic E-state index is 0.109. The van der Waals surface area contributed by atoms with Crippen molar-refractivity contribution in [3.05, 3.63) is 71.9 Å². The van der Waals surface area contributed by atoms with Gasteiger partial charge in [-0.1, -0.05) is 23.4 Å². The number of benzene rings is 2. The van der Waals surface area contributed by atoms with Gasteiger partial charge in [-0.15, -0.1) is 11.3 Å². The number of nitrogens with one attached hydrogen (secondary N) is 2. The maximum atomic E-state index is 12.3. The molecular formula is C22H17N5O2S. The van der Waals surface area contributed by atoms with Crippen LogP contribution in [-0.4, -0.2) is 26.0 Å². The van der Waals surface area contributed by atoms with Gasteiger partial charge in [0.2, 0.25) is 17.6 Å². The highest BCUT2D eigenvalue weighted by molar-refractivity contribution is 7.13. The summed E-state index contributed by atoms with van der Waals surface area (Å²) in [6.07, 6.45) is 0.651. The molecule has 30 heavy (non-hydrogen) atoms. The summed E-state index contributed by atoms with van der Waals surface area (Å²) in [7, 11) is 0. The van der Waals surface area contributed by atoms with Gasteiger partial charge in [0.05, 0.1) is 15.9 Å². The van der Waals surface area contributed by atoms with Crippen LogP contribution in [-0.2, 0) is 11.2 Å². The quantitative estimate of drug-likeness (QED) is 0.411. The summed E-state index contributed by atoms with van der Waals surface area (Å²) in [6.45, 7) is 0. The van der Waals surface area contributed by atoms with E-state index < -0.39 is 0 Å². The normalized spacial score (nSPS) is 11.1. The Bertz CT molecular complexity index is 1260. The first-order valence-electron chi connectivity index (χ1n) is 9.46. The summed E-state index contributed by atoms with van der Waals surface area (Å²) in [5.74, 6) is 1.70. The van der Waals surface area contributed by atoms with E-state index in [1.165, 1.54) is 0 Å². The lowest BCUT2D eigenvalue weighted by Gasteiger charge is -2.05. The molecule has 3 aromatic heterocycles. The minimum Gasteiger partial charge on any atom is -0.339 e. The lowest BCUT2D eigenvalue weighted by molar-refractivity contribution is -0.116. The zero-order valence-corrected chi connectivity index (χ0v) is 16.6. The molecule has 0 atom stereocenters. The maximum absolute atomic E-state index is 12.3. The van der Waals surface area contributed by atoms with E-state index in [2.05, 4.69) is 25.4 Å². The lowest BCUT2D eigenvalue weighted by Crippen LogP contribution is -2.12. The molecule has 0 radical (unpaired) electrons. The molecule has 0 bridgehead atoms. The third-order valence-corrected chi connectivity index (χ3v) is 5.47. The molecule has 0 fully saturated rings. The van der Waals surface area contributed by atoms with Gasteiger partial charge in [-0.25, -0.2) is 4.98 Å². The van der Waals surface area contributed by atoms with E-state index in [0.29, 0.717) is 18.1 Å². The van der Waals surface area contributed by atoms with Gasteiger partial charge in [-0.05, 0) is 47.8 Å². The fourth-order valence-electron chi connectivity index (χ4n) is 3.11. The summed E-state index contributed by atoms with van der Waals surface area (Å²) in [4.78, 5) is 25.4. The molecule has 0 saturated carbocycles. The summed E-state index contributed by atoms with van der Waals surface area (Å²) in [5.41, 5.74) is 3.60. The van der Waals surface area contributed by atoms with Crippen LogP contribution in [0.4, 0.5) is 5.69 Å². The Morgan fingerprint density at radius 3 is 2.70 bits per heavy atom. The summed E-state index contributed by atoms with van der Waals surface area (Å²) in [6, 6.07) is 19.3. The Hall–Kier alpha value is -3.78. The molecule has 0 unspecified atom stereocenters. The zero-order valence-electron chi connectivity index (χ0n) is 15.8. The Balaban J connectivity index is 1.19. The van der Waals surface area contributed by atoms with Gasteiger partial charge in [0, 0.05) is 24.1 Å². The topological polar surface area (TPSA) is 96.7 Å². The van der Waals surface area contributed by atoms with E-state index in [1.54, 1.807) is 11.3 Å². The number of rotatable bonds is 6. The second-order valence-corrected chi connectivity index (χ2v) is 7.66. The van der Waals surface area contributed by atoms with Crippen molar-refractivity contribution in [2.45, 2.75) is 12.8 Å². The van der Waals surface area contributed by atoms with Crippen molar-refractivity contribution in [1.82, 2.24) is 20.1 Å². The van der Waals surface area contributed by atoms with E-state index in [4.69, 9.17) is 4.52 Å². The van der Waals surface area contributed by atoms with Gasteiger partial charge in [0.15, 0.2) is 0 Å². The number of para-hydroxylation sites is 2. The monoisotopic (exact) mass is 415 g/mol. The first-order chi connectivity index (χ1) is 14.7. The number of aromatic nitrogens is 4. The predicted molar refractivity (Wildman–Crippen MR) is 116 cm³/mol. The van der Waals surface area contributed by atoms with E-state index in [9.17, 15) is 4.79 Å². The number of nitrogens with zero attached hydrogens (tertiary/aromatic N) is 3. The third kappa shape index (κ3) is 3.85. The fraction of sp³-hybridized carbons (Fsp3) is 0.0909. The number of hydrogen-bond donors (Lipinski definition) is 2. The number of aryl methyl sites for hydroxylation is 1. The molecule has 5 rings (SSSR count). The number of anilines is 1. The van der Waals surface area contributed by atoms with Crippen LogP contribution in [0, 0.1) is 0 Å². The number of imidazole rings is 1. The Labute approximate surface area is 175 Å². The van der Waals surface area contributed by atoms with Crippen molar-refractivity contribution in [3.63, 3.8) is 0 Å². The van der Waals surface area contributed by atoms with E-state index in [1.807, 2.05) is 66.0 Å². The number of hydrogen-bond acceptors (Lipinski definition) is 6. The van der Waals surface area contributed by atoms with Crippen LogP contribution in [0.15, 0.2) is 70.6 Å². The summed E-state index contributed by atoms with van der Waals surface area (Å²) in [5, 5.41) is 8.81. The lowest BCUT2D eigenvalue weighted by atomic mass is 10.2. The van der Waals surface area contributed by atoms with Gasteiger partial charge in [0.1, 0.15) is 5.82 Å². The number of fused-ring (bicyclic) bond motifs is 1. The predicted octanol–water partition coefficient (Wildman–Crippen LogP) is 4.91. The molecule has 3 heterocycles. The molecular weight excluding hydrogens is 398 g/mol. The van der Waals surface area contributed by atoms with Crippen LogP contribution >= 0.6 is 11.3 Å². The van der Waals surface area contributed by atoms with Crippen molar-refractivity contribution < 1.29 is 9.32 Å². The molecule has 7 nitrogen and oxygen atoms in total. The fourth-order valence-corrected chi connectivity index (χ4v) is 3.76. The first-order valence-corrected chi connectivity index (χ1v) is 10.3. The Morgan fingerprint density at radius 1 is 1.03 bits per heavy atom. The van der Waals surface area contributed by atoms with E-state index >= 15 is 0 Å². The van der Waals surface area contributed by atoms with Gasteiger partial charge in [0.25, 0.3) is 0 Å². The number of H-pyrrole nitrogens is 1. The summed E-state index contributed by atoms with van der Waals surface area (Å²) < 4.78 is 5.23. The molecule has 5 aromatic rings. The second kappa shape index (κ2) is 7.92. The van der Waals surface area contributed by atoms with Gasteiger partial charge < -0.3 is 14.8 Å². The molecule has 0 spiro atoms. The number of carbonyl (C=O) groups is 1. The van der Waals surface area contributed by atoms with Crippen LogP contribution in [0.25, 0.3) is 33.1 Å². The highest BCUT2D eigenvalue weighted by Gasteiger charge is 2.12. The van der Waals surface area contributed by atoms with E-state index in [0.717, 1.165) is 33.0 Å². The SMILES string of the molecule is O=C(CCc1nc(-c2cccs2)no1)Nc1ccc(-c2nc3ccccc3[nH]2)cc1. The smallest absolute Gasteiger partial charge is 0.227 e. The van der Waals surface area contributed by atoms with Crippen molar-refractivity contribution in [3.8, 4) is 22.1 Å². The standard InChI is InChI=1S/C22H17N5O2S/c28-19(11-12-20-26-22(27-29-20)18-6-3-13-30-18)23-15-9-7-14(8-10-15)21-24-16-4-1-2-5-17(16)25-21/h1-10,13H,11-12H2,(H,23,28)(H,24,25). The highest BCUT2D eigenvalue weighted by Crippen LogP contribution is 2.23. The van der Waals surface area contributed by atoms with Crippen LogP contribution in [0.3, 0.4) is 0 Å². The van der Waals surface area contributed by atoms with Gasteiger partial charge in [-0.3, -0.25) is 4.79 Å². The molecule has 0 aliphatic carbocycles. The van der Waals surface area contributed by atoms with Gasteiger partial charge in [-0.2, -0.15) is 4.98 Å². The molecule has 148 valence electrons. The zero-order chi connectivity index (χ0) is 20.3. The number of amides is 1. The van der Waals surface area contributed by atoms with Crippen molar-refractivity contribution in [1.29, 1.82) is 0 Å².